The molecule has 4 heteroatoms. The van der Waals surface area contributed by atoms with Crippen LogP contribution in [-0.2, 0) is 0 Å². The van der Waals surface area contributed by atoms with Crippen molar-refractivity contribution in [2.24, 2.45) is 0 Å². The van der Waals surface area contributed by atoms with Crippen molar-refractivity contribution in [2.45, 2.75) is 26.9 Å². The highest BCUT2D eigenvalue weighted by Crippen LogP contribution is 1.97. The van der Waals surface area contributed by atoms with Crippen molar-refractivity contribution in [3.8, 4) is 0 Å². The van der Waals surface area contributed by atoms with E-state index in [4.69, 9.17) is 4.84 Å². The molecule has 1 rings (SSSR count). The van der Waals surface area contributed by atoms with Crippen LogP contribution in [0.25, 0.3) is 0 Å². The number of thiazole rings is 1. The van der Waals surface area contributed by atoms with Gasteiger partial charge < -0.3 is 4.84 Å². The minimum Gasteiger partial charge on any atom is -0.407 e. The van der Waals surface area contributed by atoms with Crippen LogP contribution in [0.15, 0.2) is 10.2 Å². The van der Waals surface area contributed by atoms with Crippen molar-refractivity contribution < 1.29 is 4.84 Å². The predicted octanol–water partition coefficient (Wildman–Crippen LogP) is 1.06. The van der Waals surface area contributed by atoms with Gasteiger partial charge in [0.2, 0.25) is 0 Å². The molecule has 0 atom stereocenters. The molecule has 0 saturated carbocycles. The molecule has 11 heavy (non-hydrogen) atoms. The Morgan fingerprint density at radius 3 is 2.64 bits per heavy atom. The van der Waals surface area contributed by atoms with Gasteiger partial charge in [0.15, 0.2) is 0 Å². The summed E-state index contributed by atoms with van der Waals surface area (Å²) in [5, 5.41) is 1.78. The first-order valence-electron chi connectivity index (χ1n) is 3.45. The third-order valence-electron chi connectivity index (χ3n) is 1.13. The standard InChI is InChI=1S/C7H11NO2S/c1-5(2)10-8-6(3)4-11-7(8)9/h4-5H,1-3H3. The summed E-state index contributed by atoms with van der Waals surface area (Å²) in [6.45, 7) is 5.63. The molecule has 0 aliphatic carbocycles. The summed E-state index contributed by atoms with van der Waals surface area (Å²) in [7, 11) is 0. The van der Waals surface area contributed by atoms with E-state index >= 15 is 0 Å². The van der Waals surface area contributed by atoms with Crippen molar-refractivity contribution >= 4 is 11.3 Å². The molecule has 0 spiro atoms. The molecule has 1 aromatic rings. The van der Waals surface area contributed by atoms with Gasteiger partial charge in [0.05, 0.1) is 5.69 Å². The maximum absolute atomic E-state index is 11.0. The lowest BCUT2D eigenvalue weighted by atomic mass is 10.5. The van der Waals surface area contributed by atoms with Gasteiger partial charge in [-0.1, -0.05) is 11.3 Å². The van der Waals surface area contributed by atoms with E-state index in [1.54, 1.807) is 5.38 Å². The van der Waals surface area contributed by atoms with Crippen LogP contribution < -0.4 is 9.71 Å². The van der Waals surface area contributed by atoms with E-state index < -0.39 is 0 Å². The molecule has 0 unspecified atom stereocenters. The van der Waals surface area contributed by atoms with Crippen LogP contribution in [0.1, 0.15) is 19.5 Å². The van der Waals surface area contributed by atoms with Crippen LogP contribution in [0.5, 0.6) is 0 Å². The molecule has 0 radical (unpaired) electrons. The first kappa shape index (κ1) is 8.33. The number of aryl methyl sites for hydroxylation is 1. The Morgan fingerprint density at radius 1 is 1.64 bits per heavy atom. The largest absolute Gasteiger partial charge is 0.407 e. The van der Waals surface area contributed by atoms with Gasteiger partial charge in [-0.05, 0) is 20.8 Å². The quantitative estimate of drug-likeness (QED) is 0.669. The molecule has 0 N–H and O–H groups in total. The lowest BCUT2D eigenvalue weighted by Gasteiger charge is -2.09. The van der Waals surface area contributed by atoms with Crippen LogP contribution in [0.4, 0.5) is 0 Å². The molecular formula is C7H11NO2S. The van der Waals surface area contributed by atoms with Crippen LogP contribution in [0.2, 0.25) is 0 Å². The Hall–Kier alpha value is -0.770. The van der Waals surface area contributed by atoms with E-state index in [0.717, 1.165) is 17.0 Å². The number of rotatable bonds is 2. The highest BCUT2D eigenvalue weighted by Gasteiger charge is 2.03. The number of nitrogens with zero attached hydrogens (tertiary/aromatic N) is 1. The average molecular weight is 173 g/mol. The van der Waals surface area contributed by atoms with E-state index in [2.05, 4.69) is 0 Å². The van der Waals surface area contributed by atoms with Gasteiger partial charge in [0, 0.05) is 5.38 Å². The van der Waals surface area contributed by atoms with Crippen molar-refractivity contribution in [1.29, 1.82) is 0 Å². The van der Waals surface area contributed by atoms with Gasteiger partial charge in [-0.25, -0.2) is 0 Å². The van der Waals surface area contributed by atoms with E-state index in [1.807, 2.05) is 20.8 Å². The Labute approximate surface area is 69.2 Å². The maximum Gasteiger partial charge on any atom is 0.339 e. The highest BCUT2D eigenvalue weighted by atomic mass is 32.1. The van der Waals surface area contributed by atoms with Crippen molar-refractivity contribution in [1.82, 2.24) is 4.73 Å². The minimum absolute atomic E-state index is 0.0426. The fraction of sp³-hybridized carbons (Fsp3) is 0.571. The normalized spacial score (nSPS) is 10.5. The molecule has 0 bridgehead atoms. The molecule has 0 amide bonds. The predicted molar refractivity (Wildman–Crippen MR) is 45.0 cm³/mol. The molecule has 0 aliphatic heterocycles. The van der Waals surface area contributed by atoms with E-state index in [9.17, 15) is 4.79 Å². The summed E-state index contributed by atoms with van der Waals surface area (Å²) in [5.41, 5.74) is 0.855. The molecule has 0 saturated heterocycles. The zero-order chi connectivity index (χ0) is 8.43. The van der Waals surface area contributed by atoms with Crippen LogP contribution in [0, 0.1) is 6.92 Å². The molecule has 62 valence electrons. The Bertz CT molecular complexity index is 287. The Morgan fingerprint density at radius 2 is 2.27 bits per heavy atom. The van der Waals surface area contributed by atoms with Gasteiger partial charge in [-0.2, -0.15) is 0 Å². The second-order valence-corrected chi connectivity index (χ2v) is 3.41. The number of hydrogen-bond acceptors (Lipinski definition) is 3. The molecule has 0 aromatic carbocycles. The first-order valence-corrected chi connectivity index (χ1v) is 4.33. The highest BCUT2D eigenvalue weighted by molar-refractivity contribution is 7.07. The van der Waals surface area contributed by atoms with Gasteiger partial charge in [0.1, 0.15) is 6.10 Å². The lowest BCUT2D eigenvalue weighted by molar-refractivity contribution is 0.0522. The number of aromatic nitrogens is 1. The van der Waals surface area contributed by atoms with E-state index in [0.29, 0.717) is 0 Å². The minimum atomic E-state index is -0.0591. The Balaban J connectivity index is 2.92. The first-order chi connectivity index (χ1) is 5.11. The lowest BCUT2D eigenvalue weighted by Crippen LogP contribution is -2.27. The van der Waals surface area contributed by atoms with Gasteiger partial charge in [0.25, 0.3) is 0 Å². The van der Waals surface area contributed by atoms with Crippen molar-refractivity contribution in [2.75, 3.05) is 0 Å². The van der Waals surface area contributed by atoms with E-state index in [1.165, 1.54) is 4.73 Å². The van der Waals surface area contributed by atoms with Crippen molar-refractivity contribution in [3.63, 3.8) is 0 Å². The summed E-state index contributed by atoms with van der Waals surface area (Å²) < 4.78 is 1.33. The molecular weight excluding hydrogens is 162 g/mol. The van der Waals surface area contributed by atoms with Crippen LogP contribution in [-0.4, -0.2) is 10.8 Å². The summed E-state index contributed by atoms with van der Waals surface area (Å²) in [6.07, 6.45) is 0.0426. The molecule has 3 nitrogen and oxygen atoms in total. The third kappa shape index (κ3) is 1.83. The van der Waals surface area contributed by atoms with Gasteiger partial charge in [-0.15, -0.1) is 4.73 Å². The topological polar surface area (TPSA) is 31.2 Å². The van der Waals surface area contributed by atoms with Gasteiger partial charge in [-0.3, -0.25) is 4.79 Å². The molecule has 1 aromatic heterocycles. The van der Waals surface area contributed by atoms with Crippen LogP contribution in [0.3, 0.4) is 0 Å². The van der Waals surface area contributed by atoms with Crippen molar-refractivity contribution in [3.05, 3.63) is 20.7 Å². The zero-order valence-electron chi connectivity index (χ0n) is 6.83. The second kappa shape index (κ2) is 3.09. The average Bonchev–Trinajstić information content (AvgIpc) is 2.18. The third-order valence-corrected chi connectivity index (χ3v) is 1.96. The zero-order valence-corrected chi connectivity index (χ0v) is 7.64. The summed E-state index contributed by atoms with van der Waals surface area (Å²) in [6, 6.07) is 0. The maximum atomic E-state index is 11.0. The smallest absolute Gasteiger partial charge is 0.339 e. The fourth-order valence-electron chi connectivity index (χ4n) is 0.712. The molecule has 1 heterocycles. The fourth-order valence-corrected chi connectivity index (χ4v) is 1.36. The molecule has 0 fully saturated rings. The SMILES string of the molecule is Cc1csc(=O)n1OC(C)C. The summed E-state index contributed by atoms with van der Waals surface area (Å²) >= 11 is 1.16. The summed E-state index contributed by atoms with van der Waals surface area (Å²) in [4.78, 5) is 16.2. The second-order valence-electron chi connectivity index (χ2n) is 2.59. The van der Waals surface area contributed by atoms with Crippen LogP contribution >= 0.6 is 11.3 Å². The van der Waals surface area contributed by atoms with Gasteiger partial charge >= 0.3 is 4.87 Å². The van der Waals surface area contributed by atoms with E-state index in [-0.39, 0.29) is 11.0 Å². The Kier molecular flexibility index (Phi) is 2.34. The summed E-state index contributed by atoms with van der Waals surface area (Å²) in [5.74, 6) is 0. The number of hydrogen-bond donors (Lipinski definition) is 0. The molecule has 0 aliphatic rings. The monoisotopic (exact) mass is 173 g/mol.